The molecule has 132 valence electrons. The molecule has 3 N–H and O–H groups in total. The van der Waals surface area contributed by atoms with Gasteiger partial charge in [-0.2, -0.15) is 0 Å². The summed E-state index contributed by atoms with van der Waals surface area (Å²) in [5.74, 6) is 1.84. The number of hydrogen-bond donors (Lipinski definition) is 3. The fourth-order valence-electron chi connectivity index (χ4n) is 2.04. The molecule has 0 aliphatic heterocycles. The Hall–Kier alpha value is -3.26. The van der Waals surface area contributed by atoms with Crippen LogP contribution in [-0.2, 0) is 4.79 Å². The van der Waals surface area contributed by atoms with Crippen molar-refractivity contribution < 1.29 is 4.79 Å². The minimum Gasteiger partial charge on any atom is -0.367 e. The highest BCUT2D eigenvalue weighted by Crippen LogP contribution is 2.11. The van der Waals surface area contributed by atoms with Crippen molar-refractivity contribution in [2.24, 2.45) is 0 Å². The maximum atomic E-state index is 11.7. The standard InChI is InChI=1S/C18H18N6OS/c25-18(9-6-14-4-3-13-26-14)21-12-11-20-16-7-8-17(24-23-16)22-15-5-1-2-10-19-15/h1-10,13H,11-12H2,(H,20,23)(H,21,25)(H,19,22,24)/b9-6+. The van der Waals surface area contributed by atoms with Crippen molar-refractivity contribution in [2.75, 3.05) is 23.7 Å². The van der Waals surface area contributed by atoms with E-state index in [2.05, 4.69) is 31.1 Å². The van der Waals surface area contributed by atoms with E-state index >= 15 is 0 Å². The number of amides is 1. The van der Waals surface area contributed by atoms with Gasteiger partial charge in [0.25, 0.3) is 0 Å². The van der Waals surface area contributed by atoms with Gasteiger partial charge in [-0.05, 0) is 41.8 Å². The van der Waals surface area contributed by atoms with E-state index in [0.717, 1.165) is 4.88 Å². The van der Waals surface area contributed by atoms with Crippen LogP contribution in [0.25, 0.3) is 6.08 Å². The van der Waals surface area contributed by atoms with E-state index in [-0.39, 0.29) is 5.91 Å². The molecular formula is C18H18N6OS. The fourth-order valence-corrected chi connectivity index (χ4v) is 2.66. The number of thiophene rings is 1. The minimum absolute atomic E-state index is 0.124. The van der Waals surface area contributed by atoms with Gasteiger partial charge < -0.3 is 16.0 Å². The zero-order valence-corrected chi connectivity index (χ0v) is 14.7. The molecular weight excluding hydrogens is 348 g/mol. The number of rotatable bonds is 8. The van der Waals surface area contributed by atoms with E-state index in [1.165, 1.54) is 6.08 Å². The third-order valence-corrected chi connectivity index (χ3v) is 4.10. The Morgan fingerprint density at radius 3 is 2.62 bits per heavy atom. The normalized spacial score (nSPS) is 10.6. The first-order valence-electron chi connectivity index (χ1n) is 8.05. The highest BCUT2D eigenvalue weighted by Gasteiger charge is 2.00. The number of nitrogens with zero attached hydrogens (tertiary/aromatic N) is 3. The second-order valence-corrected chi connectivity index (χ2v) is 6.19. The van der Waals surface area contributed by atoms with Crippen LogP contribution in [0.15, 0.2) is 60.1 Å². The first-order chi connectivity index (χ1) is 12.8. The van der Waals surface area contributed by atoms with Gasteiger partial charge in [-0.3, -0.25) is 4.79 Å². The summed E-state index contributed by atoms with van der Waals surface area (Å²) in [5, 5.41) is 19.1. The van der Waals surface area contributed by atoms with Gasteiger partial charge >= 0.3 is 0 Å². The Morgan fingerprint density at radius 2 is 1.88 bits per heavy atom. The Kier molecular flexibility index (Phi) is 6.27. The summed E-state index contributed by atoms with van der Waals surface area (Å²) in [5.41, 5.74) is 0. The van der Waals surface area contributed by atoms with Gasteiger partial charge in [0, 0.05) is 30.2 Å². The van der Waals surface area contributed by atoms with Crippen LogP contribution in [0.5, 0.6) is 0 Å². The third kappa shape index (κ3) is 5.67. The summed E-state index contributed by atoms with van der Waals surface area (Å²) in [6.07, 6.45) is 5.03. The molecule has 0 aliphatic rings. The number of pyridine rings is 1. The SMILES string of the molecule is O=C(/C=C/c1cccs1)NCCNc1ccc(Nc2ccccn2)nn1. The van der Waals surface area contributed by atoms with Gasteiger partial charge in [-0.25, -0.2) is 4.98 Å². The molecule has 0 saturated carbocycles. The van der Waals surface area contributed by atoms with E-state index < -0.39 is 0 Å². The van der Waals surface area contributed by atoms with Crippen molar-refractivity contribution >= 4 is 40.8 Å². The predicted octanol–water partition coefficient (Wildman–Crippen LogP) is 2.92. The molecule has 1 amide bonds. The number of carbonyl (C=O) groups is 1. The smallest absolute Gasteiger partial charge is 0.244 e. The summed E-state index contributed by atoms with van der Waals surface area (Å²) in [6.45, 7) is 1.05. The molecule has 0 spiro atoms. The molecule has 3 heterocycles. The van der Waals surface area contributed by atoms with E-state index in [1.54, 1.807) is 23.6 Å². The van der Waals surface area contributed by atoms with Gasteiger partial charge in [0.15, 0.2) is 5.82 Å². The molecule has 0 fully saturated rings. The van der Waals surface area contributed by atoms with Crippen LogP contribution in [0.2, 0.25) is 0 Å². The number of hydrogen-bond acceptors (Lipinski definition) is 7. The van der Waals surface area contributed by atoms with Crippen molar-refractivity contribution in [1.29, 1.82) is 0 Å². The van der Waals surface area contributed by atoms with Crippen molar-refractivity contribution in [3.8, 4) is 0 Å². The second kappa shape index (κ2) is 9.28. The van der Waals surface area contributed by atoms with Crippen molar-refractivity contribution in [3.05, 3.63) is 65.0 Å². The van der Waals surface area contributed by atoms with E-state index in [1.807, 2.05) is 47.8 Å². The van der Waals surface area contributed by atoms with E-state index in [4.69, 9.17) is 0 Å². The number of aromatic nitrogens is 3. The summed E-state index contributed by atoms with van der Waals surface area (Å²) in [7, 11) is 0. The van der Waals surface area contributed by atoms with Gasteiger partial charge in [-0.1, -0.05) is 12.1 Å². The minimum atomic E-state index is -0.124. The second-order valence-electron chi connectivity index (χ2n) is 5.21. The molecule has 3 rings (SSSR count). The zero-order chi connectivity index (χ0) is 18.0. The molecule has 0 aliphatic carbocycles. The molecule has 3 aromatic rings. The molecule has 26 heavy (non-hydrogen) atoms. The molecule has 0 saturated heterocycles. The van der Waals surface area contributed by atoms with Crippen LogP contribution in [0.3, 0.4) is 0 Å². The molecule has 8 heteroatoms. The number of carbonyl (C=O) groups excluding carboxylic acids is 1. The topological polar surface area (TPSA) is 91.8 Å². The summed E-state index contributed by atoms with van der Waals surface area (Å²) < 4.78 is 0. The first-order valence-corrected chi connectivity index (χ1v) is 8.93. The Morgan fingerprint density at radius 1 is 1.00 bits per heavy atom. The maximum Gasteiger partial charge on any atom is 0.244 e. The highest BCUT2D eigenvalue weighted by molar-refractivity contribution is 7.10. The van der Waals surface area contributed by atoms with Crippen LogP contribution in [-0.4, -0.2) is 34.2 Å². The fraction of sp³-hybridized carbons (Fsp3) is 0.111. The Bertz CT molecular complexity index is 834. The quantitative estimate of drug-likeness (QED) is 0.419. The van der Waals surface area contributed by atoms with Crippen molar-refractivity contribution in [3.63, 3.8) is 0 Å². The largest absolute Gasteiger partial charge is 0.367 e. The third-order valence-electron chi connectivity index (χ3n) is 3.26. The van der Waals surface area contributed by atoms with Gasteiger partial charge in [0.1, 0.15) is 11.6 Å². The molecule has 0 unspecified atom stereocenters. The van der Waals surface area contributed by atoms with Gasteiger partial charge in [0.2, 0.25) is 5.91 Å². The van der Waals surface area contributed by atoms with Crippen molar-refractivity contribution in [2.45, 2.75) is 0 Å². The Balaban J connectivity index is 1.37. The average molecular weight is 366 g/mol. The summed E-state index contributed by atoms with van der Waals surface area (Å²) in [4.78, 5) is 16.9. The van der Waals surface area contributed by atoms with Gasteiger partial charge in [0.05, 0.1) is 0 Å². The lowest BCUT2D eigenvalue weighted by Gasteiger charge is -2.07. The van der Waals surface area contributed by atoms with Gasteiger partial charge in [-0.15, -0.1) is 21.5 Å². The molecule has 3 aromatic heterocycles. The van der Waals surface area contributed by atoms with Crippen LogP contribution >= 0.6 is 11.3 Å². The first kappa shape index (κ1) is 17.6. The highest BCUT2D eigenvalue weighted by atomic mass is 32.1. The molecule has 0 radical (unpaired) electrons. The molecule has 0 aromatic carbocycles. The molecule has 7 nitrogen and oxygen atoms in total. The summed E-state index contributed by atoms with van der Waals surface area (Å²) >= 11 is 1.59. The lowest BCUT2D eigenvalue weighted by molar-refractivity contribution is -0.116. The average Bonchev–Trinajstić information content (AvgIpc) is 3.19. The lowest BCUT2D eigenvalue weighted by atomic mass is 10.4. The van der Waals surface area contributed by atoms with E-state index in [0.29, 0.717) is 30.5 Å². The lowest BCUT2D eigenvalue weighted by Crippen LogP contribution is -2.27. The number of anilines is 3. The Labute approximate surface area is 155 Å². The van der Waals surface area contributed by atoms with E-state index in [9.17, 15) is 4.79 Å². The summed E-state index contributed by atoms with van der Waals surface area (Å²) in [6, 6.07) is 13.1. The predicted molar refractivity (Wildman–Crippen MR) is 104 cm³/mol. The molecule has 0 atom stereocenters. The van der Waals surface area contributed by atoms with Crippen LogP contribution in [0, 0.1) is 0 Å². The number of nitrogens with one attached hydrogen (secondary N) is 3. The van der Waals surface area contributed by atoms with Crippen molar-refractivity contribution in [1.82, 2.24) is 20.5 Å². The monoisotopic (exact) mass is 366 g/mol. The zero-order valence-electron chi connectivity index (χ0n) is 13.9. The van der Waals surface area contributed by atoms with Crippen LogP contribution in [0.1, 0.15) is 4.88 Å². The van der Waals surface area contributed by atoms with Crippen LogP contribution in [0.4, 0.5) is 17.5 Å². The molecule has 0 bridgehead atoms. The maximum absolute atomic E-state index is 11.7. The van der Waals surface area contributed by atoms with Crippen LogP contribution < -0.4 is 16.0 Å².